The molecule has 31 heavy (non-hydrogen) atoms. The van der Waals surface area contributed by atoms with E-state index in [1.54, 1.807) is 30.8 Å². The lowest BCUT2D eigenvalue weighted by atomic mass is 9.98. The maximum Gasteiger partial charge on any atom is 0.337 e. The molecule has 9 nitrogen and oxygen atoms in total. The normalized spacial score (nSPS) is 16.8. The molecule has 2 atom stereocenters. The van der Waals surface area contributed by atoms with Crippen LogP contribution >= 0.6 is 0 Å². The molecule has 0 spiro atoms. The van der Waals surface area contributed by atoms with Crippen molar-refractivity contribution in [1.82, 2.24) is 24.3 Å². The fraction of sp³-hybridized carbons (Fsp3) is 0.591. The second kappa shape index (κ2) is 10.1. The number of benzene rings is 1. The number of hydrogen-bond donors (Lipinski definition) is 1. The van der Waals surface area contributed by atoms with Gasteiger partial charge in [-0.05, 0) is 18.1 Å². The number of fused-ring (bicyclic) bond motifs is 1. The molecule has 1 unspecified atom stereocenters. The van der Waals surface area contributed by atoms with Gasteiger partial charge in [-0.2, -0.15) is 0 Å². The summed E-state index contributed by atoms with van der Waals surface area (Å²) in [5.74, 6) is -0.254. The number of imidazole rings is 1. The minimum Gasteiger partial charge on any atom is -0.379 e. The van der Waals surface area contributed by atoms with Gasteiger partial charge >= 0.3 is 11.7 Å². The van der Waals surface area contributed by atoms with Crippen molar-refractivity contribution in [3.05, 3.63) is 34.7 Å². The highest BCUT2D eigenvalue weighted by Crippen LogP contribution is 2.15. The van der Waals surface area contributed by atoms with Gasteiger partial charge in [-0.3, -0.25) is 14.3 Å². The van der Waals surface area contributed by atoms with Crippen LogP contribution in [0, 0.1) is 5.92 Å². The predicted octanol–water partition coefficient (Wildman–Crippen LogP) is 1.20. The van der Waals surface area contributed by atoms with Gasteiger partial charge in [0.05, 0.1) is 24.2 Å². The number of amides is 2. The Morgan fingerprint density at radius 3 is 2.39 bits per heavy atom. The largest absolute Gasteiger partial charge is 0.379 e. The Labute approximate surface area is 182 Å². The average molecular weight is 432 g/mol. The smallest absolute Gasteiger partial charge is 0.337 e. The van der Waals surface area contributed by atoms with Crippen LogP contribution < -0.4 is 11.0 Å². The molecule has 1 N–H and O–H groups in total. The molecule has 1 fully saturated rings. The fourth-order valence-corrected chi connectivity index (χ4v) is 3.85. The van der Waals surface area contributed by atoms with Crippen molar-refractivity contribution in [2.75, 3.05) is 46.9 Å². The van der Waals surface area contributed by atoms with E-state index in [2.05, 4.69) is 10.2 Å². The predicted molar refractivity (Wildman–Crippen MR) is 119 cm³/mol. The standard InChI is InChI=1S/C22H33N5O4/c1-5-16(2)19(20(28)24(3)4)23-21(29)27-18-9-7-6-8-17(18)26(22(27)30)11-10-25-12-14-31-15-13-25/h6-9,16,19H,5,10-15H2,1-4H3,(H,23,29)/t16?,19-/m0/s1. The molecule has 2 heterocycles. The van der Waals surface area contributed by atoms with Crippen LogP contribution in [0.5, 0.6) is 0 Å². The summed E-state index contributed by atoms with van der Waals surface area (Å²) in [6.45, 7) is 8.11. The quantitative estimate of drug-likeness (QED) is 0.712. The number of carbonyl (C=O) groups excluding carboxylic acids is 2. The van der Waals surface area contributed by atoms with Gasteiger partial charge in [0.1, 0.15) is 6.04 Å². The summed E-state index contributed by atoms with van der Waals surface area (Å²) < 4.78 is 8.17. The van der Waals surface area contributed by atoms with Crippen molar-refractivity contribution in [3.8, 4) is 0 Å². The number of carbonyl (C=O) groups is 2. The minimum atomic E-state index is -0.699. The molecule has 1 aliphatic heterocycles. The summed E-state index contributed by atoms with van der Waals surface area (Å²) in [6.07, 6.45) is 0.723. The Bertz CT molecular complexity index is 974. The Hall–Kier alpha value is -2.65. The van der Waals surface area contributed by atoms with Crippen molar-refractivity contribution in [3.63, 3.8) is 0 Å². The molecule has 9 heteroatoms. The van der Waals surface area contributed by atoms with Gasteiger partial charge in [0.25, 0.3) is 0 Å². The average Bonchev–Trinajstić information content (AvgIpc) is 3.06. The third-order valence-corrected chi connectivity index (χ3v) is 5.98. The van der Waals surface area contributed by atoms with Gasteiger partial charge in [-0.1, -0.05) is 32.4 Å². The van der Waals surface area contributed by atoms with Gasteiger partial charge in [0, 0.05) is 40.3 Å². The number of rotatable bonds is 7. The molecule has 170 valence electrons. The van der Waals surface area contributed by atoms with Crippen molar-refractivity contribution in [1.29, 1.82) is 0 Å². The first-order valence-electron chi connectivity index (χ1n) is 10.9. The number of hydrogen-bond acceptors (Lipinski definition) is 5. The van der Waals surface area contributed by atoms with Crippen molar-refractivity contribution in [2.45, 2.75) is 32.9 Å². The number of likely N-dealkylation sites (N-methyl/N-ethyl adjacent to an activating group) is 1. The molecule has 2 amide bonds. The van der Waals surface area contributed by atoms with Gasteiger partial charge in [0.2, 0.25) is 5.91 Å². The van der Waals surface area contributed by atoms with Crippen LogP contribution in [0.4, 0.5) is 4.79 Å². The number of morpholine rings is 1. The van der Waals surface area contributed by atoms with E-state index in [0.29, 0.717) is 37.3 Å². The van der Waals surface area contributed by atoms with Crippen LogP contribution in [0.2, 0.25) is 0 Å². The van der Waals surface area contributed by atoms with Gasteiger partial charge in [-0.25, -0.2) is 14.2 Å². The third-order valence-electron chi connectivity index (χ3n) is 5.98. The van der Waals surface area contributed by atoms with Crippen LogP contribution in [-0.4, -0.2) is 83.9 Å². The van der Waals surface area contributed by atoms with Crippen LogP contribution in [-0.2, 0) is 16.1 Å². The van der Waals surface area contributed by atoms with Crippen molar-refractivity contribution < 1.29 is 14.3 Å². The number of nitrogens with one attached hydrogen (secondary N) is 1. The summed E-state index contributed by atoms with van der Waals surface area (Å²) in [4.78, 5) is 42.8. The monoisotopic (exact) mass is 431 g/mol. The van der Waals surface area contributed by atoms with Crippen molar-refractivity contribution >= 4 is 23.0 Å². The number of aromatic nitrogens is 2. The summed E-state index contributed by atoms with van der Waals surface area (Å²) in [6, 6.07) is 5.98. The van der Waals surface area contributed by atoms with Crippen LogP contribution in [0.1, 0.15) is 20.3 Å². The molecule has 1 saturated heterocycles. The molecule has 0 bridgehead atoms. The SMILES string of the molecule is CCC(C)[C@H](NC(=O)n1c(=O)n(CCN2CCOCC2)c2ccccc21)C(=O)N(C)C. The Morgan fingerprint density at radius 2 is 1.77 bits per heavy atom. The first-order chi connectivity index (χ1) is 14.8. The summed E-state index contributed by atoms with van der Waals surface area (Å²) >= 11 is 0. The summed E-state index contributed by atoms with van der Waals surface area (Å²) in [5.41, 5.74) is 0.842. The zero-order chi connectivity index (χ0) is 22.5. The van der Waals surface area contributed by atoms with Crippen LogP contribution in [0.3, 0.4) is 0 Å². The molecule has 0 saturated carbocycles. The molecule has 2 aromatic rings. The Balaban J connectivity index is 1.90. The molecular weight excluding hydrogens is 398 g/mol. The van der Waals surface area contributed by atoms with E-state index in [1.807, 2.05) is 26.0 Å². The highest BCUT2D eigenvalue weighted by atomic mass is 16.5. The first-order valence-corrected chi connectivity index (χ1v) is 10.9. The topological polar surface area (TPSA) is 88.8 Å². The first kappa shape index (κ1) is 23.0. The maximum absolute atomic E-state index is 13.3. The molecule has 1 aromatic carbocycles. The highest BCUT2D eigenvalue weighted by molar-refractivity contribution is 5.92. The second-order valence-electron chi connectivity index (χ2n) is 8.26. The molecule has 3 rings (SSSR count). The van der Waals surface area contributed by atoms with E-state index in [4.69, 9.17) is 4.74 Å². The van der Waals surface area contributed by atoms with E-state index in [-0.39, 0.29) is 11.8 Å². The lowest BCUT2D eigenvalue weighted by molar-refractivity contribution is -0.131. The number of nitrogens with zero attached hydrogens (tertiary/aromatic N) is 4. The van der Waals surface area contributed by atoms with Gasteiger partial charge in [-0.15, -0.1) is 0 Å². The summed E-state index contributed by atoms with van der Waals surface area (Å²) in [5, 5.41) is 2.81. The third kappa shape index (κ3) is 4.99. The minimum absolute atomic E-state index is 0.0655. The van der Waals surface area contributed by atoms with E-state index >= 15 is 0 Å². The number of ether oxygens (including phenoxy) is 1. The molecule has 0 aliphatic carbocycles. The zero-order valence-corrected chi connectivity index (χ0v) is 18.8. The Morgan fingerprint density at radius 1 is 1.13 bits per heavy atom. The fourth-order valence-electron chi connectivity index (χ4n) is 3.85. The lowest BCUT2D eigenvalue weighted by Crippen LogP contribution is -2.52. The maximum atomic E-state index is 13.3. The van der Waals surface area contributed by atoms with E-state index in [9.17, 15) is 14.4 Å². The van der Waals surface area contributed by atoms with E-state index in [0.717, 1.165) is 24.1 Å². The van der Waals surface area contributed by atoms with E-state index < -0.39 is 17.8 Å². The number of para-hydroxylation sites is 2. The molecular formula is C22H33N5O4. The van der Waals surface area contributed by atoms with Gasteiger partial charge in [0.15, 0.2) is 0 Å². The van der Waals surface area contributed by atoms with Crippen LogP contribution in [0.15, 0.2) is 29.1 Å². The highest BCUT2D eigenvalue weighted by Gasteiger charge is 2.29. The Kier molecular flexibility index (Phi) is 7.50. The summed E-state index contributed by atoms with van der Waals surface area (Å²) in [7, 11) is 3.32. The second-order valence-corrected chi connectivity index (χ2v) is 8.26. The lowest BCUT2D eigenvalue weighted by Gasteiger charge is -2.26. The van der Waals surface area contributed by atoms with Gasteiger partial charge < -0.3 is 15.0 Å². The van der Waals surface area contributed by atoms with E-state index in [1.165, 1.54) is 4.90 Å². The molecule has 1 aliphatic rings. The molecule has 1 aromatic heterocycles. The molecule has 0 radical (unpaired) electrons. The van der Waals surface area contributed by atoms with Crippen molar-refractivity contribution in [2.24, 2.45) is 5.92 Å². The van der Waals surface area contributed by atoms with Crippen LogP contribution in [0.25, 0.3) is 11.0 Å². The zero-order valence-electron chi connectivity index (χ0n) is 18.8.